The quantitative estimate of drug-likeness (QED) is 0.405. The number of phenolic OH excluding ortho intramolecular Hbond substituents is 1. The van der Waals surface area contributed by atoms with Crippen molar-refractivity contribution in [3.8, 4) is 5.75 Å². The summed E-state index contributed by atoms with van der Waals surface area (Å²) in [7, 11) is 0. The van der Waals surface area contributed by atoms with Gasteiger partial charge in [-0.2, -0.15) is 13.2 Å². The van der Waals surface area contributed by atoms with Gasteiger partial charge in [0.15, 0.2) is 6.10 Å². The number of ether oxygens (including phenoxy) is 1. The predicted octanol–water partition coefficient (Wildman–Crippen LogP) is 5.97. The fourth-order valence-electron chi connectivity index (χ4n) is 7.73. The second-order valence-electron chi connectivity index (χ2n) is 13.2. The van der Waals surface area contributed by atoms with E-state index in [1.807, 2.05) is 24.3 Å². The highest BCUT2D eigenvalue weighted by Gasteiger charge is 2.44. The maximum atomic E-state index is 13.9. The molecule has 0 aromatic heterocycles. The molecule has 47 heavy (non-hydrogen) atoms. The number of carbonyl (C=O) groups excluding carboxylic acids is 3. The third kappa shape index (κ3) is 7.18. The van der Waals surface area contributed by atoms with Crippen molar-refractivity contribution in [3.63, 3.8) is 0 Å². The lowest BCUT2D eigenvalue weighted by Crippen LogP contribution is -2.52. The van der Waals surface area contributed by atoms with E-state index in [1.54, 1.807) is 4.90 Å². The minimum absolute atomic E-state index is 0.0110. The molecule has 1 spiro atoms. The van der Waals surface area contributed by atoms with E-state index in [0.29, 0.717) is 38.4 Å². The molecule has 3 amide bonds. The number of aromatic hydroxyl groups is 1. The van der Waals surface area contributed by atoms with E-state index >= 15 is 0 Å². The molecule has 1 atom stereocenters. The molecule has 0 aliphatic carbocycles. The van der Waals surface area contributed by atoms with Crippen molar-refractivity contribution in [3.05, 3.63) is 58.1 Å². The topological polar surface area (TPSA) is 102 Å². The number of phenols is 1. The minimum Gasteiger partial charge on any atom is -0.506 e. The number of fused-ring (bicyclic) bond motifs is 2. The fourth-order valence-corrected chi connectivity index (χ4v) is 7.97. The number of anilines is 1. The van der Waals surface area contributed by atoms with Crippen LogP contribution in [0.5, 0.6) is 5.75 Å². The summed E-state index contributed by atoms with van der Waals surface area (Å²) >= 11 is 5.98. The minimum atomic E-state index is -4.88. The van der Waals surface area contributed by atoms with E-state index in [1.165, 1.54) is 17.4 Å². The zero-order valence-corrected chi connectivity index (χ0v) is 26.9. The van der Waals surface area contributed by atoms with Gasteiger partial charge in [0.2, 0.25) is 5.91 Å². The van der Waals surface area contributed by atoms with Crippen molar-refractivity contribution in [2.24, 2.45) is 0 Å². The lowest BCUT2D eigenvalue weighted by atomic mass is 9.68. The molecular formula is C34H40ClF3N4O5. The third-order valence-corrected chi connectivity index (χ3v) is 10.6. The fraction of sp³-hybridized carbons (Fsp3) is 0.559. The molecule has 4 heterocycles. The molecule has 6 rings (SSSR count). The number of alkyl halides is 3. The number of nitrogens with zero attached hydrogens (tertiary/aromatic N) is 3. The van der Waals surface area contributed by atoms with Gasteiger partial charge in [-0.3, -0.25) is 9.59 Å². The Hall–Kier alpha value is -3.51. The molecule has 3 saturated heterocycles. The zero-order chi connectivity index (χ0) is 33.3. The van der Waals surface area contributed by atoms with Gasteiger partial charge >= 0.3 is 12.3 Å². The highest BCUT2D eigenvalue weighted by atomic mass is 35.5. The van der Waals surface area contributed by atoms with Crippen LogP contribution in [0.4, 0.5) is 23.7 Å². The van der Waals surface area contributed by atoms with Crippen LogP contribution in [0.25, 0.3) is 0 Å². The first-order valence-electron chi connectivity index (χ1n) is 16.4. The maximum absolute atomic E-state index is 13.9. The first-order valence-corrected chi connectivity index (χ1v) is 16.8. The number of hydrogen-bond donors (Lipinski definition) is 2. The number of hydrogen-bond acceptors (Lipinski definition) is 6. The van der Waals surface area contributed by atoms with Crippen molar-refractivity contribution in [2.75, 3.05) is 44.6 Å². The molecule has 2 N–H and O–H groups in total. The highest BCUT2D eigenvalue weighted by Crippen LogP contribution is 2.45. The summed E-state index contributed by atoms with van der Waals surface area (Å²) in [5.41, 5.74) is 0.0499. The number of rotatable bonds is 5. The summed E-state index contributed by atoms with van der Waals surface area (Å²) in [6, 6.07) is 9.90. The third-order valence-electron chi connectivity index (χ3n) is 10.3. The summed E-state index contributed by atoms with van der Waals surface area (Å²) in [5, 5.41) is 12.4. The van der Waals surface area contributed by atoms with Crippen molar-refractivity contribution in [1.29, 1.82) is 0 Å². The average Bonchev–Trinajstić information content (AvgIpc) is 3.06. The van der Waals surface area contributed by atoms with Gasteiger partial charge in [0.25, 0.3) is 5.91 Å². The van der Waals surface area contributed by atoms with E-state index < -0.39 is 46.0 Å². The highest BCUT2D eigenvalue weighted by molar-refractivity contribution is 6.32. The molecule has 0 bridgehead atoms. The lowest BCUT2D eigenvalue weighted by molar-refractivity contribution is -0.142. The normalized spacial score (nSPS) is 21.2. The van der Waals surface area contributed by atoms with Gasteiger partial charge in [0.05, 0.1) is 10.6 Å². The van der Waals surface area contributed by atoms with E-state index in [0.717, 1.165) is 56.1 Å². The second kappa shape index (κ2) is 13.5. The molecule has 9 nitrogen and oxygen atoms in total. The Labute approximate surface area is 277 Å². The van der Waals surface area contributed by atoms with Crippen molar-refractivity contribution < 1.29 is 37.4 Å². The molecular weight excluding hydrogens is 637 g/mol. The van der Waals surface area contributed by atoms with Crippen LogP contribution in [0.2, 0.25) is 5.02 Å². The summed E-state index contributed by atoms with van der Waals surface area (Å²) < 4.78 is 46.9. The molecule has 13 heteroatoms. The van der Waals surface area contributed by atoms with Crippen LogP contribution < -0.4 is 5.32 Å². The summed E-state index contributed by atoms with van der Waals surface area (Å²) in [5.74, 6) is -1.65. The van der Waals surface area contributed by atoms with Crippen LogP contribution in [0.1, 0.15) is 68.1 Å². The molecule has 0 saturated carbocycles. The summed E-state index contributed by atoms with van der Waals surface area (Å²) in [4.78, 5) is 45.6. The van der Waals surface area contributed by atoms with Crippen molar-refractivity contribution in [1.82, 2.24) is 14.7 Å². The molecule has 0 unspecified atom stereocenters. The number of para-hydroxylation sites is 1. The SMILES string of the molecule is O=C1CC2(CCN(C(=O)O[C@H](Cc3cc(Cl)c(O)c(C(F)(F)F)c3)C(=O)N3CCC(N4CCCCC4)CC3)CC2)c2ccccc2N1. The first kappa shape index (κ1) is 33.4. The Morgan fingerprint density at radius 2 is 1.68 bits per heavy atom. The van der Waals surface area contributed by atoms with E-state index in [4.69, 9.17) is 16.3 Å². The Morgan fingerprint density at radius 1 is 1.00 bits per heavy atom. The van der Waals surface area contributed by atoms with Gasteiger partial charge in [-0.15, -0.1) is 0 Å². The predicted molar refractivity (Wildman–Crippen MR) is 169 cm³/mol. The monoisotopic (exact) mass is 676 g/mol. The number of amides is 3. The largest absolute Gasteiger partial charge is 0.506 e. The number of likely N-dealkylation sites (tertiary alicyclic amines) is 3. The van der Waals surface area contributed by atoms with Crippen molar-refractivity contribution in [2.45, 2.75) is 81.5 Å². The van der Waals surface area contributed by atoms with Crippen LogP contribution in [0, 0.1) is 0 Å². The van der Waals surface area contributed by atoms with Gasteiger partial charge in [0.1, 0.15) is 5.75 Å². The maximum Gasteiger partial charge on any atom is 0.420 e. The van der Waals surface area contributed by atoms with Crippen LogP contribution in [0.15, 0.2) is 36.4 Å². The number of benzene rings is 2. The molecule has 2 aromatic carbocycles. The molecule has 0 radical (unpaired) electrons. The van der Waals surface area contributed by atoms with Gasteiger partial charge in [-0.25, -0.2) is 4.79 Å². The Balaban J connectivity index is 1.18. The number of carbonyl (C=O) groups is 3. The zero-order valence-electron chi connectivity index (χ0n) is 26.2. The standard InChI is InChI=1S/C34H40ClF3N4O5/c35-26-19-22(18-25(30(26)44)34(36,37)38)20-28(31(45)41-14-8-23(9-15-41)40-12-4-1-5-13-40)47-32(46)42-16-10-33(11-17-42)21-29(43)39-27-7-3-2-6-24(27)33/h2-3,6-7,18-19,23,28,44H,1,4-5,8-17,20-21H2,(H,39,43)/t28-/m1/s1. The van der Waals surface area contributed by atoms with Gasteiger partial charge in [0, 0.05) is 56.2 Å². The molecule has 3 fully saturated rings. The molecule has 2 aromatic rings. The number of piperidine rings is 3. The lowest BCUT2D eigenvalue weighted by Gasteiger charge is -2.44. The van der Waals surface area contributed by atoms with E-state index in [-0.39, 0.29) is 31.0 Å². The Bertz CT molecular complexity index is 1500. The second-order valence-corrected chi connectivity index (χ2v) is 13.6. The summed E-state index contributed by atoms with van der Waals surface area (Å²) in [6.45, 7) is 3.54. The molecule has 4 aliphatic rings. The number of halogens is 4. The van der Waals surface area contributed by atoms with Gasteiger partial charge < -0.3 is 29.9 Å². The first-order chi connectivity index (χ1) is 22.4. The van der Waals surface area contributed by atoms with E-state index in [2.05, 4.69) is 10.2 Å². The molecule has 4 aliphatic heterocycles. The Kier molecular flexibility index (Phi) is 9.62. The van der Waals surface area contributed by atoms with E-state index in [9.17, 15) is 32.7 Å². The van der Waals surface area contributed by atoms with Crippen LogP contribution in [0.3, 0.4) is 0 Å². The smallest absolute Gasteiger partial charge is 0.420 e. The van der Waals surface area contributed by atoms with Gasteiger partial charge in [-0.1, -0.05) is 36.2 Å². The van der Waals surface area contributed by atoms with Crippen LogP contribution in [-0.4, -0.2) is 89.1 Å². The van der Waals surface area contributed by atoms with Crippen LogP contribution >= 0.6 is 11.6 Å². The van der Waals surface area contributed by atoms with Gasteiger partial charge in [-0.05, 0) is 80.9 Å². The average molecular weight is 677 g/mol. The van der Waals surface area contributed by atoms with Crippen LogP contribution in [-0.2, 0) is 32.3 Å². The van der Waals surface area contributed by atoms with Crippen molar-refractivity contribution >= 4 is 35.2 Å². The number of nitrogens with one attached hydrogen (secondary N) is 1. The summed E-state index contributed by atoms with van der Waals surface area (Å²) in [6.07, 6.45) is -0.979. The molecule has 254 valence electrons. The Morgan fingerprint density at radius 3 is 2.36 bits per heavy atom.